The molecule has 0 bridgehead atoms. The van der Waals surface area contributed by atoms with Crippen molar-refractivity contribution in [1.29, 1.82) is 0 Å². The van der Waals surface area contributed by atoms with Crippen molar-refractivity contribution in [3.63, 3.8) is 0 Å². The van der Waals surface area contributed by atoms with Gasteiger partial charge >= 0.3 is 0 Å². The Morgan fingerprint density at radius 2 is 2.00 bits per heavy atom. The number of nitrogens with one attached hydrogen (secondary N) is 1. The molecule has 0 unspecified atom stereocenters. The van der Waals surface area contributed by atoms with Crippen LogP contribution in [0.25, 0.3) is 0 Å². The van der Waals surface area contributed by atoms with E-state index in [1.807, 2.05) is 6.07 Å². The van der Waals surface area contributed by atoms with Crippen molar-refractivity contribution in [2.24, 2.45) is 0 Å². The third-order valence-electron chi connectivity index (χ3n) is 2.50. The van der Waals surface area contributed by atoms with Crippen molar-refractivity contribution in [3.8, 4) is 0 Å². The van der Waals surface area contributed by atoms with E-state index in [9.17, 15) is 9.18 Å². The van der Waals surface area contributed by atoms with Crippen LogP contribution in [0.2, 0.25) is 0 Å². The molecular weight excluding hydrogens is 297 g/mol. The predicted octanol–water partition coefficient (Wildman–Crippen LogP) is 4.15. The van der Waals surface area contributed by atoms with Crippen LogP contribution >= 0.6 is 15.9 Å². The Labute approximate surface area is 113 Å². The van der Waals surface area contributed by atoms with Crippen molar-refractivity contribution in [2.75, 3.05) is 5.32 Å². The summed E-state index contributed by atoms with van der Waals surface area (Å²) >= 11 is 3.31. The molecule has 2 aromatic rings. The van der Waals surface area contributed by atoms with E-state index in [4.69, 9.17) is 0 Å². The summed E-state index contributed by atoms with van der Waals surface area (Å²) in [6, 6.07) is 11.6. The van der Waals surface area contributed by atoms with E-state index in [2.05, 4.69) is 21.2 Å². The summed E-state index contributed by atoms with van der Waals surface area (Å²) in [7, 11) is 0. The number of halogens is 2. The number of hydrogen-bond acceptors (Lipinski definition) is 1. The van der Waals surface area contributed by atoms with Gasteiger partial charge in [-0.3, -0.25) is 4.79 Å². The Kier molecular flexibility index (Phi) is 3.77. The smallest absolute Gasteiger partial charge is 0.255 e. The Balaban J connectivity index is 2.18. The van der Waals surface area contributed by atoms with E-state index in [1.54, 1.807) is 31.2 Å². The second kappa shape index (κ2) is 5.31. The molecule has 0 aliphatic rings. The molecular formula is C14H11BrFNO. The van der Waals surface area contributed by atoms with Crippen LogP contribution in [-0.2, 0) is 0 Å². The molecule has 0 spiro atoms. The SMILES string of the molecule is Cc1cc(NC(=O)c2cccc(Br)c2)ccc1F. The molecule has 0 radical (unpaired) electrons. The number of rotatable bonds is 2. The van der Waals surface area contributed by atoms with Crippen LogP contribution in [0.5, 0.6) is 0 Å². The summed E-state index contributed by atoms with van der Waals surface area (Å²) in [5, 5.41) is 2.73. The number of carbonyl (C=O) groups is 1. The van der Waals surface area contributed by atoms with E-state index in [0.717, 1.165) is 4.47 Å². The normalized spacial score (nSPS) is 10.2. The van der Waals surface area contributed by atoms with Crippen molar-refractivity contribution in [2.45, 2.75) is 6.92 Å². The van der Waals surface area contributed by atoms with Gasteiger partial charge in [-0.15, -0.1) is 0 Å². The molecule has 0 aliphatic heterocycles. The van der Waals surface area contributed by atoms with Gasteiger partial charge in [0.2, 0.25) is 0 Å². The lowest BCUT2D eigenvalue weighted by molar-refractivity contribution is 0.102. The van der Waals surface area contributed by atoms with Gasteiger partial charge < -0.3 is 5.32 Å². The van der Waals surface area contributed by atoms with Crippen LogP contribution in [0.4, 0.5) is 10.1 Å². The molecule has 1 amide bonds. The third kappa shape index (κ3) is 2.96. The number of aryl methyl sites for hydroxylation is 1. The van der Waals surface area contributed by atoms with E-state index < -0.39 is 0 Å². The van der Waals surface area contributed by atoms with Crippen molar-refractivity contribution in [3.05, 3.63) is 63.9 Å². The molecule has 2 nitrogen and oxygen atoms in total. The molecule has 0 saturated carbocycles. The first-order chi connectivity index (χ1) is 8.56. The Hall–Kier alpha value is -1.68. The topological polar surface area (TPSA) is 29.1 Å². The van der Waals surface area contributed by atoms with Gasteiger partial charge in [-0.1, -0.05) is 22.0 Å². The van der Waals surface area contributed by atoms with Crippen molar-refractivity contribution in [1.82, 2.24) is 0 Å². The lowest BCUT2D eigenvalue weighted by Gasteiger charge is -2.06. The second-order valence-corrected chi connectivity index (χ2v) is 4.84. The first-order valence-corrected chi connectivity index (χ1v) is 6.18. The van der Waals surface area contributed by atoms with Gasteiger partial charge in [0.15, 0.2) is 0 Å². The van der Waals surface area contributed by atoms with Crippen LogP contribution in [-0.4, -0.2) is 5.91 Å². The lowest BCUT2D eigenvalue weighted by Crippen LogP contribution is -2.11. The van der Waals surface area contributed by atoms with Crippen molar-refractivity contribution < 1.29 is 9.18 Å². The van der Waals surface area contributed by atoms with Gasteiger partial charge in [0.25, 0.3) is 5.91 Å². The summed E-state index contributed by atoms with van der Waals surface area (Å²) < 4.78 is 13.9. The van der Waals surface area contributed by atoms with Gasteiger partial charge in [0, 0.05) is 15.7 Å². The maximum absolute atomic E-state index is 13.1. The molecule has 0 aliphatic carbocycles. The number of carbonyl (C=O) groups excluding carboxylic acids is 1. The van der Waals surface area contributed by atoms with Gasteiger partial charge in [0.1, 0.15) is 5.82 Å². The fraction of sp³-hybridized carbons (Fsp3) is 0.0714. The molecule has 0 heterocycles. The average molecular weight is 308 g/mol. The Bertz CT molecular complexity index is 598. The van der Waals surface area contributed by atoms with E-state index >= 15 is 0 Å². The maximum atomic E-state index is 13.1. The fourth-order valence-electron chi connectivity index (χ4n) is 1.56. The quantitative estimate of drug-likeness (QED) is 0.887. The van der Waals surface area contributed by atoms with Gasteiger partial charge in [-0.2, -0.15) is 0 Å². The highest BCUT2D eigenvalue weighted by Gasteiger charge is 2.07. The molecule has 2 aromatic carbocycles. The zero-order valence-electron chi connectivity index (χ0n) is 9.71. The zero-order valence-corrected chi connectivity index (χ0v) is 11.3. The predicted molar refractivity (Wildman–Crippen MR) is 73.2 cm³/mol. The number of anilines is 1. The minimum Gasteiger partial charge on any atom is -0.322 e. The van der Waals surface area contributed by atoms with Crippen LogP contribution in [0.1, 0.15) is 15.9 Å². The summed E-state index contributed by atoms with van der Waals surface area (Å²) in [4.78, 5) is 11.9. The van der Waals surface area contributed by atoms with Crippen LogP contribution in [0, 0.1) is 12.7 Å². The second-order valence-electron chi connectivity index (χ2n) is 3.93. The minimum absolute atomic E-state index is 0.220. The van der Waals surface area contributed by atoms with E-state index in [1.165, 1.54) is 12.1 Å². The standard InChI is InChI=1S/C14H11BrFNO/c1-9-7-12(5-6-13(9)16)17-14(18)10-3-2-4-11(15)8-10/h2-8H,1H3,(H,17,18). The summed E-state index contributed by atoms with van der Waals surface area (Å²) in [5.74, 6) is -0.502. The fourth-order valence-corrected chi connectivity index (χ4v) is 1.95. The molecule has 2 rings (SSSR count). The summed E-state index contributed by atoms with van der Waals surface area (Å²) in [6.07, 6.45) is 0. The molecule has 18 heavy (non-hydrogen) atoms. The highest BCUT2D eigenvalue weighted by Crippen LogP contribution is 2.16. The molecule has 4 heteroatoms. The van der Waals surface area contributed by atoms with Gasteiger partial charge in [-0.25, -0.2) is 4.39 Å². The molecule has 0 atom stereocenters. The summed E-state index contributed by atoms with van der Waals surface area (Å²) in [6.45, 7) is 1.66. The Morgan fingerprint density at radius 3 is 2.67 bits per heavy atom. The minimum atomic E-state index is -0.282. The third-order valence-corrected chi connectivity index (χ3v) is 3.00. The van der Waals surface area contributed by atoms with E-state index in [-0.39, 0.29) is 11.7 Å². The molecule has 0 saturated heterocycles. The maximum Gasteiger partial charge on any atom is 0.255 e. The monoisotopic (exact) mass is 307 g/mol. The van der Waals surface area contributed by atoms with Crippen LogP contribution < -0.4 is 5.32 Å². The largest absolute Gasteiger partial charge is 0.322 e. The lowest BCUT2D eigenvalue weighted by atomic mass is 10.2. The highest BCUT2D eigenvalue weighted by atomic mass is 79.9. The van der Waals surface area contributed by atoms with Gasteiger partial charge in [-0.05, 0) is 48.9 Å². The van der Waals surface area contributed by atoms with E-state index in [0.29, 0.717) is 16.8 Å². The first-order valence-electron chi connectivity index (χ1n) is 5.39. The average Bonchev–Trinajstić information content (AvgIpc) is 2.34. The molecule has 0 aromatic heterocycles. The number of benzene rings is 2. The van der Waals surface area contributed by atoms with Crippen molar-refractivity contribution >= 4 is 27.5 Å². The number of amides is 1. The zero-order chi connectivity index (χ0) is 13.1. The Morgan fingerprint density at radius 1 is 1.22 bits per heavy atom. The molecule has 0 fully saturated rings. The molecule has 1 N–H and O–H groups in total. The number of hydrogen-bond donors (Lipinski definition) is 1. The van der Waals surface area contributed by atoms with Gasteiger partial charge in [0.05, 0.1) is 0 Å². The highest BCUT2D eigenvalue weighted by molar-refractivity contribution is 9.10. The van der Waals surface area contributed by atoms with Crippen LogP contribution in [0.3, 0.4) is 0 Å². The van der Waals surface area contributed by atoms with Crippen LogP contribution in [0.15, 0.2) is 46.9 Å². The summed E-state index contributed by atoms with van der Waals surface area (Å²) in [5.41, 5.74) is 1.63. The first kappa shape index (κ1) is 12.8. The molecule has 92 valence electrons.